The molecule has 0 aliphatic carbocycles. The summed E-state index contributed by atoms with van der Waals surface area (Å²) in [6.45, 7) is 4.28. The van der Waals surface area contributed by atoms with Gasteiger partial charge in [-0.2, -0.15) is 5.10 Å². The van der Waals surface area contributed by atoms with E-state index in [1.165, 1.54) is 0 Å². The van der Waals surface area contributed by atoms with Crippen molar-refractivity contribution in [1.82, 2.24) is 24.2 Å². The standard InChI is InChI=1S/C18H21N5O/c1-13-10-23(11-17(24)22-7-3-4-8-22)16-6-5-14(9-15(13)16)18-19-12-21(2)20-18/h5-6,9-10,12H,3-4,7-8,11H2,1-2H3. The van der Waals surface area contributed by atoms with E-state index in [-0.39, 0.29) is 5.91 Å². The van der Waals surface area contributed by atoms with Crippen molar-refractivity contribution < 1.29 is 4.79 Å². The monoisotopic (exact) mass is 323 g/mol. The lowest BCUT2D eigenvalue weighted by Gasteiger charge is -2.16. The molecule has 1 aromatic carbocycles. The van der Waals surface area contributed by atoms with Crippen LogP contribution in [0.15, 0.2) is 30.7 Å². The fraction of sp³-hybridized carbons (Fsp3) is 0.389. The zero-order valence-electron chi connectivity index (χ0n) is 14.1. The summed E-state index contributed by atoms with van der Waals surface area (Å²) < 4.78 is 3.76. The molecule has 1 aliphatic heterocycles. The molecule has 4 rings (SSSR count). The summed E-state index contributed by atoms with van der Waals surface area (Å²) in [5, 5.41) is 5.51. The molecule has 6 heteroatoms. The molecule has 0 radical (unpaired) electrons. The highest BCUT2D eigenvalue weighted by atomic mass is 16.2. The van der Waals surface area contributed by atoms with Gasteiger partial charge in [-0.05, 0) is 43.5 Å². The van der Waals surface area contributed by atoms with Gasteiger partial charge in [-0.3, -0.25) is 9.48 Å². The Morgan fingerprint density at radius 1 is 1.25 bits per heavy atom. The number of aryl methyl sites for hydroxylation is 2. The normalized spacial score (nSPS) is 14.7. The van der Waals surface area contributed by atoms with Crippen LogP contribution in [0.1, 0.15) is 18.4 Å². The van der Waals surface area contributed by atoms with Crippen LogP contribution >= 0.6 is 0 Å². The number of likely N-dealkylation sites (tertiary alicyclic amines) is 1. The van der Waals surface area contributed by atoms with E-state index in [1.807, 2.05) is 18.0 Å². The minimum atomic E-state index is 0.208. The Bertz CT molecular complexity index is 901. The van der Waals surface area contributed by atoms with Crippen LogP contribution in [0.4, 0.5) is 0 Å². The third-order valence-electron chi connectivity index (χ3n) is 4.70. The first-order chi connectivity index (χ1) is 11.6. The molecule has 2 aromatic heterocycles. The molecule has 0 N–H and O–H groups in total. The SMILES string of the molecule is Cc1cn(CC(=O)N2CCCC2)c2ccc(-c3ncn(C)n3)cc12. The van der Waals surface area contributed by atoms with Gasteiger partial charge in [-0.1, -0.05) is 0 Å². The summed E-state index contributed by atoms with van der Waals surface area (Å²) in [6.07, 6.45) is 6.01. The average molecular weight is 323 g/mol. The highest BCUT2D eigenvalue weighted by molar-refractivity contribution is 5.89. The third kappa shape index (κ3) is 2.58. The Labute approximate surface area is 140 Å². The van der Waals surface area contributed by atoms with Crippen LogP contribution in [0.5, 0.6) is 0 Å². The van der Waals surface area contributed by atoms with E-state index in [1.54, 1.807) is 11.0 Å². The topological polar surface area (TPSA) is 56.0 Å². The van der Waals surface area contributed by atoms with Gasteiger partial charge < -0.3 is 9.47 Å². The Morgan fingerprint density at radius 3 is 2.75 bits per heavy atom. The fourth-order valence-electron chi connectivity index (χ4n) is 3.43. The molecule has 3 heterocycles. The van der Waals surface area contributed by atoms with Gasteiger partial charge in [0, 0.05) is 42.8 Å². The number of hydrogen-bond acceptors (Lipinski definition) is 3. The molecule has 0 bridgehead atoms. The highest BCUT2D eigenvalue weighted by Gasteiger charge is 2.19. The summed E-state index contributed by atoms with van der Waals surface area (Å²) in [6, 6.07) is 6.19. The Morgan fingerprint density at radius 2 is 2.04 bits per heavy atom. The van der Waals surface area contributed by atoms with Gasteiger partial charge >= 0.3 is 0 Å². The van der Waals surface area contributed by atoms with Gasteiger partial charge in [-0.15, -0.1) is 0 Å². The zero-order valence-corrected chi connectivity index (χ0v) is 14.1. The van der Waals surface area contributed by atoms with Crippen molar-refractivity contribution in [2.24, 2.45) is 7.05 Å². The molecule has 24 heavy (non-hydrogen) atoms. The van der Waals surface area contributed by atoms with Crippen molar-refractivity contribution in [1.29, 1.82) is 0 Å². The second-order valence-electron chi connectivity index (χ2n) is 6.50. The molecular formula is C18H21N5O. The van der Waals surface area contributed by atoms with Crippen molar-refractivity contribution in [2.45, 2.75) is 26.3 Å². The number of hydrogen-bond donors (Lipinski definition) is 0. The highest BCUT2D eigenvalue weighted by Crippen LogP contribution is 2.26. The van der Waals surface area contributed by atoms with Gasteiger partial charge in [0.1, 0.15) is 12.9 Å². The van der Waals surface area contributed by atoms with Gasteiger partial charge in [0.05, 0.1) is 0 Å². The van der Waals surface area contributed by atoms with Crippen LogP contribution in [-0.4, -0.2) is 43.2 Å². The fourth-order valence-corrected chi connectivity index (χ4v) is 3.43. The number of rotatable bonds is 3. The van der Waals surface area contributed by atoms with Gasteiger partial charge in [-0.25, -0.2) is 4.98 Å². The van der Waals surface area contributed by atoms with Gasteiger partial charge in [0.25, 0.3) is 0 Å². The number of fused-ring (bicyclic) bond motifs is 1. The molecule has 1 amide bonds. The zero-order chi connectivity index (χ0) is 16.7. The molecule has 0 saturated carbocycles. The third-order valence-corrected chi connectivity index (χ3v) is 4.70. The number of carbonyl (C=O) groups excluding carboxylic acids is 1. The summed E-state index contributed by atoms with van der Waals surface area (Å²) in [5.74, 6) is 0.930. The first-order valence-electron chi connectivity index (χ1n) is 8.35. The molecule has 1 saturated heterocycles. The number of aromatic nitrogens is 4. The largest absolute Gasteiger partial charge is 0.341 e. The minimum absolute atomic E-state index is 0.208. The lowest BCUT2D eigenvalue weighted by Crippen LogP contribution is -2.30. The van der Waals surface area contributed by atoms with Crippen molar-refractivity contribution in [3.05, 3.63) is 36.3 Å². The molecular weight excluding hydrogens is 302 g/mol. The number of carbonyl (C=O) groups is 1. The molecule has 124 valence electrons. The first-order valence-corrected chi connectivity index (χ1v) is 8.35. The van der Waals surface area contributed by atoms with E-state index in [0.29, 0.717) is 6.54 Å². The number of amides is 1. The van der Waals surface area contributed by atoms with E-state index < -0.39 is 0 Å². The quantitative estimate of drug-likeness (QED) is 0.743. The minimum Gasteiger partial charge on any atom is -0.341 e. The maximum Gasteiger partial charge on any atom is 0.242 e. The summed E-state index contributed by atoms with van der Waals surface area (Å²) >= 11 is 0. The van der Waals surface area contributed by atoms with Crippen LogP contribution in [0.2, 0.25) is 0 Å². The van der Waals surface area contributed by atoms with Crippen LogP contribution in [0, 0.1) is 6.92 Å². The summed E-state index contributed by atoms with van der Waals surface area (Å²) in [7, 11) is 1.86. The molecule has 1 aliphatic rings. The summed E-state index contributed by atoms with van der Waals surface area (Å²) in [5.41, 5.74) is 3.24. The van der Waals surface area contributed by atoms with Crippen molar-refractivity contribution in [3.63, 3.8) is 0 Å². The van der Waals surface area contributed by atoms with Gasteiger partial charge in [0.2, 0.25) is 5.91 Å². The first kappa shape index (κ1) is 14.9. The number of benzene rings is 1. The van der Waals surface area contributed by atoms with Crippen molar-refractivity contribution in [3.8, 4) is 11.4 Å². The predicted molar refractivity (Wildman–Crippen MR) is 92.5 cm³/mol. The van der Waals surface area contributed by atoms with Crippen LogP contribution in [0.25, 0.3) is 22.3 Å². The van der Waals surface area contributed by atoms with E-state index in [0.717, 1.165) is 53.8 Å². The maximum absolute atomic E-state index is 12.4. The second-order valence-corrected chi connectivity index (χ2v) is 6.50. The molecule has 0 spiro atoms. The smallest absolute Gasteiger partial charge is 0.242 e. The maximum atomic E-state index is 12.4. The van der Waals surface area contributed by atoms with E-state index >= 15 is 0 Å². The predicted octanol–water partition coefficient (Wildman–Crippen LogP) is 2.37. The summed E-state index contributed by atoms with van der Waals surface area (Å²) in [4.78, 5) is 18.7. The van der Waals surface area contributed by atoms with E-state index in [2.05, 4.69) is 39.9 Å². The molecule has 1 fully saturated rings. The lowest BCUT2D eigenvalue weighted by atomic mass is 10.1. The second kappa shape index (κ2) is 5.78. The van der Waals surface area contributed by atoms with Crippen LogP contribution in [0.3, 0.4) is 0 Å². The van der Waals surface area contributed by atoms with Gasteiger partial charge in [0.15, 0.2) is 5.82 Å². The Kier molecular flexibility index (Phi) is 3.59. The number of nitrogens with zero attached hydrogens (tertiary/aromatic N) is 5. The van der Waals surface area contributed by atoms with E-state index in [9.17, 15) is 4.79 Å². The molecule has 0 unspecified atom stereocenters. The Hall–Kier alpha value is -2.63. The van der Waals surface area contributed by atoms with Crippen LogP contribution < -0.4 is 0 Å². The lowest BCUT2D eigenvalue weighted by molar-refractivity contribution is -0.130. The Balaban J connectivity index is 1.67. The van der Waals surface area contributed by atoms with Crippen LogP contribution in [-0.2, 0) is 18.4 Å². The molecule has 6 nitrogen and oxygen atoms in total. The van der Waals surface area contributed by atoms with Crippen molar-refractivity contribution >= 4 is 16.8 Å². The molecule has 0 atom stereocenters. The average Bonchev–Trinajstić information content (AvgIpc) is 3.29. The van der Waals surface area contributed by atoms with E-state index in [4.69, 9.17) is 0 Å². The van der Waals surface area contributed by atoms with Crippen molar-refractivity contribution in [2.75, 3.05) is 13.1 Å². The molecule has 3 aromatic rings.